The highest BCUT2D eigenvalue weighted by molar-refractivity contribution is 7.89. The number of hydrogen-bond donors (Lipinski definition) is 2. The monoisotopic (exact) mass is 343 g/mol. The van der Waals surface area contributed by atoms with Gasteiger partial charge in [0.05, 0.1) is 5.75 Å². The molecule has 0 aliphatic carbocycles. The van der Waals surface area contributed by atoms with Crippen molar-refractivity contribution in [2.45, 2.75) is 46.0 Å². The molecule has 2 rings (SSSR count). The molecule has 1 aliphatic heterocycles. The second kappa shape index (κ2) is 7.00. The topological polar surface area (TPSA) is 103 Å². The molecule has 1 saturated heterocycles. The van der Waals surface area contributed by atoms with Crippen LogP contribution in [0.4, 0.5) is 0 Å². The highest BCUT2D eigenvalue weighted by atomic mass is 32.2. The van der Waals surface area contributed by atoms with Gasteiger partial charge in [-0.25, -0.2) is 22.5 Å². The van der Waals surface area contributed by atoms with E-state index in [0.29, 0.717) is 36.9 Å². The van der Waals surface area contributed by atoms with Crippen LogP contribution in [0.5, 0.6) is 0 Å². The molecule has 0 bridgehead atoms. The average molecular weight is 343 g/mol. The number of piperidine rings is 1. The van der Waals surface area contributed by atoms with E-state index in [2.05, 4.69) is 9.97 Å². The number of aromatic nitrogens is 2. The molecule has 0 spiro atoms. The molecule has 0 saturated carbocycles. The van der Waals surface area contributed by atoms with Crippen molar-refractivity contribution in [2.75, 3.05) is 18.8 Å². The zero-order valence-corrected chi connectivity index (χ0v) is 14.7. The van der Waals surface area contributed by atoms with Gasteiger partial charge in [0.1, 0.15) is 5.82 Å². The Morgan fingerprint density at radius 1 is 1.48 bits per heavy atom. The maximum absolute atomic E-state index is 12.4. The number of aromatic amines is 1. The Bertz CT molecular complexity index is 666. The maximum atomic E-state index is 12.4. The van der Waals surface area contributed by atoms with E-state index in [9.17, 15) is 13.2 Å². The molecule has 1 fully saturated rings. The lowest BCUT2D eigenvalue weighted by Crippen LogP contribution is -2.40. The van der Waals surface area contributed by atoms with Crippen LogP contribution in [0.25, 0.3) is 0 Å². The van der Waals surface area contributed by atoms with Gasteiger partial charge in [-0.2, -0.15) is 0 Å². The third-order valence-corrected chi connectivity index (χ3v) is 6.09. The van der Waals surface area contributed by atoms with Crippen molar-refractivity contribution >= 4 is 16.0 Å². The number of H-pyrrole nitrogens is 1. The van der Waals surface area contributed by atoms with Gasteiger partial charge in [-0.1, -0.05) is 13.8 Å². The van der Waals surface area contributed by atoms with E-state index in [-0.39, 0.29) is 17.4 Å². The summed E-state index contributed by atoms with van der Waals surface area (Å²) < 4.78 is 26.4. The van der Waals surface area contributed by atoms with Crippen molar-refractivity contribution in [1.29, 1.82) is 0 Å². The summed E-state index contributed by atoms with van der Waals surface area (Å²) in [6.45, 7) is 6.58. The summed E-state index contributed by atoms with van der Waals surface area (Å²) in [5, 5.41) is 9.09. The summed E-state index contributed by atoms with van der Waals surface area (Å²) in [6.07, 6.45) is 2.21. The predicted molar refractivity (Wildman–Crippen MR) is 87.1 cm³/mol. The first kappa shape index (κ1) is 17.9. The molecule has 23 heavy (non-hydrogen) atoms. The predicted octanol–water partition coefficient (Wildman–Crippen LogP) is 1.97. The number of aryl methyl sites for hydroxylation is 1. The Labute approximate surface area is 137 Å². The van der Waals surface area contributed by atoms with Crippen LogP contribution < -0.4 is 0 Å². The molecule has 1 aliphatic rings. The van der Waals surface area contributed by atoms with Crippen LogP contribution in [0.15, 0.2) is 0 Å². The Balaban J connectivity index is 2.12. The fourth-order valence-corrected chi connectivity index (χ4v) is 4.66. The number of rotatable bonds is 6. The maximum Gasteiger partial charge on any atom is 0.356 e. The minimum atomic E-state index is -3.26. The Hall–Kier alpha value is -1.41. The molecule has 2 N–H and O–H groups in total. The SMILES string of the molecule is Cc1[nH]c(C2CCCN(S(=O)(=O)CCC(C)C)C2)nc1C(=O)O. The second-order valence-corrected chi connectivity index (χ2v) is 8.68. The number of nitrogens with one attached hydrogen (secondary N) is 1. The summed E-state index contributed by atoms with van der Waals surface area (Å²) in [5.74, 6) is -0.0685. The van der Waals surface area contributed by atoms with E-state index in [0.717, 1.165) is 12.8 Å². The number of sulfonamides is 1. The first-order valence-electron chi connectivity index (χ1n) is 7.98. The lowest BCUT2D eigenvalue weighted by molar-refractivity contribution is 0.0690. The van der Waals surface area contributed by atoms with Gasteiger partial charge in [-0.15, -0.1) is 0 Å². The number of imidazole rings is 1. The Morgan fingerprint density at radius 2 is 2.17 bits per heavy atom. The number of nitrogens with zero attached hydrogens (tertiary/aromatic N) is 2. The van der Waals surface area contributed by atoms with Crippen LogP contribution in [0.2, 0.25) is 0 Å². The molecule has 1 unspecified atom stereocenters. The summed E-state index contributed by atoms with van der Waals surface area (Å²) in [4.78, 5) is 18.3. The minimum absolute atomic E-state index is 0.0137. The molecule has 0 aromatic carbocycles. The van der Waals surface area contributed by atoms with Gasteiger partial charge in [0.15, 0.2) is 5.69 Å². The fraction of sp³-hybridized carbons (Fsp3) is 0.733. The number of aromatic carboxylic acids is 1. The van der Waals surface area contributed by atoms with Crippen molar-refractivity contribution in [3.8, 4) is 0 Å². The van der Waals surface area contributed by atoms with Crippen LogP contribution in [0, 0.1) is 12.8 Å². The number of carboxylic acids is 1. The Morgan fingerprint density at radius 3 is 2.74 bits per heavy atom. The smallest absolute Gasteiger partial charge is 0.356 e. The van der Waals surface area contributed by atoms with E-state index in [1.54, 1.807) is 6.92 Å². The van der Waals surface area contributed by atoms with E-state index in [1.807, 2.05) is 13.8 Å². The molecule has 2 heterocycles. The quantitative estimate of drug-likeness (QED) is 0.822. The Kier molecular flexibility index (Phi) is 5.46. The van der Waals surface area contributed by atoms with Crippen molar-refractivity contribution < 1.29 is 18.3 Å². The van der Waals surface area contributed by atoms with Crippen molar-refractivity contribution in [2.24, 2.45) is 5.92 Å². The summed E-state index contributed by atoms with van der Waals surface area (Å²) >= 11 is 0. The second-order valence-electron chi connectivity index (χ2n) is 6.60. The van der Waals surface area contributed by atoms with E-state index >= 15 is 0 Å². The van der Waals surface area contributed by atoms with Gasteiger partial charge in [0.25, 0.3) is 0 Å². The van der Waals surface area contributed by atoms with E-state index in [1.165, 1.54) is 4.31 Å². The zero-order valence-electron chi connectivity index (χ0n) is 13.9. The first-order valence-corrected chi connectivity index (χ1v) is 9.59. The molecular weight excluding hydrogens is 318 g/mol. The van der Waals surface area contributed by atoms with Crippen molar-refractivity contribution in [3.63, 3.8) is 0 Å². The molecule has 1 aromatic heterocycles. The highest BCUT2D eigenvalue weighted by Gasteiger charge is 2.31. The molecular formula is C15H25N3O4S. The zero-order chi connectivity index (χ0) is 17.2. The van der Waals surface area contributed by atoms with Gasteiger partial charge in [-0.3, -0.25) is 0 Å². The van der Waals surface area contributed by atoms with Gasteiger partial charge >= 0.3 is 5.97 Å². The van der Waals surface area contributed by atoms with Gasteiger partial charge in [-0.05, 0) is 32.1 Å². The third kappa shape index (κ3) is 4.32. The molecule has 1 atom stereocenters. The van der Waals surface area contributed by atoms with Gasteiger partial charge in [0, 0.05) is 24.7 Å². The van der Waals surface area contributed by atoms with Crippen LogP contribution in [-0.2, 0) is 10.0 Å². The van der Waals surface area contributed by atoms with Crippen LogP contribution in [0.3, 0.4) is 0 Å². The first-order chi connectivity index (χ1) is 10.7. The molecule has 7 nitrogen and oxygen atoms in total. The number of carboxylic acid groups (broad SMARTS) is 1. The molecule has 130 valence electrons. The molecule has 1 aromatic rings. The minimum Gasteiger partial charge on any atom is -0.476 e. The fourth-order valence-electron chi connectivity index (χ4n) is 2.82. The van der Waals surface area contributed by atoms with Crippen LogP contribution >= 0.6 is 0 Å². The summed E-state index contributed by atoms with van der Waals surface area (Å²) in [5.41, 5.74) is 0.520. The summed E-state index contributed by atoms with van der Waals surface area (Å²) in [7, 11) is -3.26. The van der Waals surface area contributed by atoms with Crippen molar-refractivity contribution in [1.82, 2.24) is 14.3 Å². The molecule has 0 amide bonds. The third-order valence-electron chi connectivity index (χ3n) is 4.22. The van der Waals surface area contributed by atoms with E-state index in [4.69, 9.17) is 5.11 Å². The molecule has 8 heteroatoms. The lowest BCUT2D eigenvalue weighted by atomic mass is 9.99. The van der Waals surface area contributed by atoms with Crippen LogP contribution in [-0.4, -0.2) is 52.6 Å². The van der Waals surface area contributed by atoms with E-state index < -0.39 is 16.0 Å². The number of hydrogen-bond acceptors (Lipinski definition) is 4. The lowest BCUT2D eigenvalue weighted by Gasteiger charge is -2.31. The normalized spacial score (nSPS) is 20.1. The van der Waals surface area contributed by atoms with Gasteiger partial charge < -0.3 is 10.1 Å². The standard InChI is InChI=1S/C15H25N3O4S/c1-10(2)6-8-23(21,22)18-7-4-5-12(9-18)14-16-11(3)13(17-14)15(19)20/h10,12H,4-9H2,1-3H3,(H,16,17)(H,19,20). The average Bonchev–Trinajstić information content (AvgIpc) is 2.88. The largest absolute Gasteiger partial charge is 0.476 e. The van der Waals surface area contributed by atoms with Crippen molar-refractivity contribution in [3.05, 3.63) is 17.2 Å². The van der Waals surface area contributed by atoms with Crippen LogP contribution in [0.1, 0.15) is 61.0 Å². The van der Waals surface area contributed by atoms with Gasteiger partial charge in [0.2, 0.25) is 10.0 Å². The number of carbonyl (C=O) groups is 1. The highest BCUT2D eigenvalue weighted by Crippen LogP contribution is 2.27. The summed E-state index contributed by atoms with van der Waals surface area (Å²) in [6, 6.07) is 0. The molecule has 0 radical (unpaired) electrons.